The molecule has 0 saturated carbocycles. The van der Waals surface area contributed by atoms with Crippen LogP contribution in [0.4, 0.5) is 0 Å². The molecule has 5 aliphatic rings. The highest BCUT2D eigenvalue weighted by Gasteiger charge is 2.58. The smallest absolute Gasteiger partial charge is 0.0685 e. The average molecular weight is 284 g/mol. The van der Waals surface area contributed by atoms with Crippen molar-refractivity contribution in [2.75, 3.05) is 13.6 Å². The Morgan fingerprint density at radius 2 is 2.15 bits per heavy atom. The van der Waals surface area contributed by atoms with Crippen molar-refractivity contribution in [2.24, 2.45) is 5.92 Å². The van der Waals surface area contributed by atoms with Gasteiger partial charge in [-0.25, -0.2) is 0 Å². The van der Waals surface area contributed by atoms with Crippen LogP contribution in [0.25, 0.3) is 0 Å². The highest BCUT2D eigenvalue weighted by Crippen LogP contribution is 2.63. The first kappa shape index (κ1) is 11.6. The van der Waals surface area contributed by atoms with Crippen LogP contribution in [-0.2, 0) is 5.54 Å². The average Bonchev–Trinajstić information content (AvgIpc) is 2.79. The van der Waals surface area contributed by atoms with E-state index in [9.17, 15) is 0 Å². The number of hydrogen-bond donors (Lipinski definition) is 0. The topological polar surface area (TPSA) is 3.24 Å². The number of likely N-dealkylation sites (tertiary alicyclic amines) is 1. The van der Waals surface area contributed by atoms with E-state index < -0.39 is 0 Å². The minimum Gasteiger partial charge on any atom is -0.292 e. The molecule has 1 heterocycles. The van der Waals surface area contributed by atoms with Crippen LogP contribution in [0.5, 0.6) is 0 Å². The van der Waals surface area contributed by atoms with Crippen LogP contribution in [0.1, 0.15) is 29.9 Å². The molecule has 2 bridgehead atoms. The first-order valence-corrected chi connectivity index (χ1v) is 8.04. The van der Waals surface area contributed by atoms with Gasteiger partial charge in [0, 0.05) is 18.4 Å². The summed E-state index contributed by atoms with van der Waals surface area (Å²) in [5.74, 6) is 1.12. The first-order valence-electron chi connectivity index (χ1n) is 7.61. The van der Waals surface area contributed by atoms with Crippen molar-refractivity contribution >= 4 is 11.6 Å². The number of alkyl halides is 1. The highest BCUT2D eigenvalue weighted by atomic mass is 35.5. The van der Waals surface area contributed by atoms with E-state index in [2.05, 4.69) is 48.4 Å². The number of rotatable bonds is 0. The van der Waals surface area contributed by atoms with Gasteiger partial charge >= 0.3 is 0 Å². The van der Waals surface area contributed by atoms with Crippen LogP contribution in [-0.4, -0.2) is 23.9 Å². The van der Waals surface area contributed by atoms with Gasteiger partial charge in [0.15, 0.2) is 0 Å². The molecular formula is C18H18ClN. The van der Waals surface area contributed by atoms with Gasteiger partial charge in [0.05, 0.1) is 10.9 Å². The van der Waals surface area contributed by atoms with Gasteiger partial charge < -0.3 is 0 Å². The lowest BCUT2D eigenvalue weighted by Crippen LogP contribution is -2.47. The molecule has 0 aromatic heterocycles. The van der Waals surface area contributed by atoms with E-state index in [1.165, 1.54) is 12.8 Å². The molecule has 4 unspecified atom stereocenters. The molecule has 20 heavy (non-hydrogen) atoms. The largest absolute Gasteiger partial charge is 0.292 e. The number of benzene rings is 1. The SMILES string of the molecule is CN1CC2C3=C(C=CC2Cl)C2CCC31c1ccccc12. The molecule has 1 aliphatic heterocycles. The number of nitrogens with zero attached hydrogens (tertiary/aromatic N) is 1. The number of likely N-dealkylation sites (N-methyl/N-ethyl adjacent to an activating group) is 1. The van der Waals surface area contributed by atoms with Crippen molar-refractivity contribution in [3.05, 3.63) is 58.7 Å². The lowest BCUT2D eigenvalue weighted by atomic mass is 9.57. The molecule has 0 amide bonds. The lowest BCUT2D eigenvalue weighted by molar-refractivity contribution is 0.163. The molecule has 2 heteroatoms. The van der Waals surface area contributed by atoms with E-state index in [0.717, 1.165) is 6.54 Å². The summed E-state index contributed by atoms with van der Waals surface area (Å²) in [6, 6.07) is 9.09. The molecule has 0 N–H and O–H groups in total. The second-order valence-electron chi connectivity index (χ2n) is 6.70. The van der Waals surface area contributed by atoms with Crippen molar-refractivity contribution < 1.29 is 0 Å². The molecule has 1 nitrogen and oxygen atoms in total. The maximum Gasteiger partial charge on any atom is 0.0685 e. The molecule has 1 aromatic rings. The highest BCUT2D eigenvalue weighted by molar-refractivity contribution is 6.22. The Balaban J connectivity index is 1.87. The molecule has 4 atom stereocenters. The minimum atomic E-state index is 0.142. The quantitative estimate of drug-likeness (QED) is 0.655. The molecule has 102 valence electrons. The van der Waals surface area contributed by atoms with E-state index in [0.29, 0.717) is 11.8 Å². The van der Waals surface area contributed by atoms with Crippen molar-refractivity contribution in [1.82, 2.24) is 4.90 Å². The van der Waals surface area contributed by atoms with Crippen molar-refractivity contribution in [2.45, 2.75) is 29.7 Å². The van der Waals surface area contributed by atoms with Crippen LogP contribution in [0.15, 0.2) is 47.6 Å². The van der Waals surface area contributed by atoms with Crippen molar-refractivity contribution in [3.8, 4) is 0 Å². The second kappa shape index (κ2) is 3.58. The van der Waals surface area contributed by atoms with E-state index >= 15 is 0 Å². The predicted octanol–water partition coefficient (Wildman–Crippen LogP) is 3.81. The number of halogens is 1. The summed E-state index contributed by atoms with van der Waals surface area (Å²) in [6.45, 7) is 1.10. The maximum absolute atomic E-state index is 6.61. The molecule has 1 aromatic carbocycles. The van der Waals surface area contributed by atoms with Crippen LogP contribution < -0.4 is 0 Å². The van der Waals surface area contributed by atoms with Gasteiger partial charge in [-0.3, -0.25) is 4.90 Å². The van der Waals surface area contributed by atoms with Crippen LogP contribution in [0, 0.1) is 5.92 Å². The Morgan fingerprint density at radius 3 is 3.05 bits per heavy atom. The molecule has 4 aliphatic carbocycles. The molecule has 1 fully saturated rings. The molecular weight excluding hydrogens is 266 g/mol. The fourth-order valence-electron chi connectivity index (χ4n) is 5.31. The Bertz CT molecular complexity index is 674. The van der Waals surface area contributed by atoms with Crippen LogP contribution in [0.2, 0.25) is 0 Å². The fourth-order valence-corrected chi connectivity index (χ4v) is 5.59. The summed E-state index contributed by atoms with van der Waals surface area (Å²) in [4.78, 5) is 2.57. The maximum atomic E-state index is 6.61. The molecule has 6 rings (SSSR count). The summed E-state index contributed by atoms with van der Waals surface area (Å²) in [7, 11) is 2.29. The van der Waals surface area contributed by atoms with Crippen LogP contribution in [0.3, 0.4) is 0 Å². The number of hydrogen-bond acceptors (Lipinski definition) is 1. The van der Waals surface area contributed by atoms with Crippen LogP contribution >= 0.6 is 11.6 Å². The van der Waals surface area contributed by atoms with Gasteiger partial charge in [0.1, 0.15) is 0 Å². The van der Waals surface area contributed by atoms with Gasteiger partial charge in [-0.15, -0.1) is 11.6 Å². The second-order valence-corrected chi connectivity index (χ2v) is 7.20. The monoisotopic (exact) mass is 283 g/mol. The third-order valence-corrected chi connectivity index (χ3v) is 6.50. The van der Waals surface area contributed by atoms with Crippen molar-refractivity contribution in [1.29, 1.82) is 0 Å². The third kappa shape index (κ3) is 1.09. The third-order valence-electron chi connectivity index (χ3n) is 6.05. The van der Waals surface area contributed by atoms with Crippen molar-refractivity contribution in [3.63, 3.8) is 0 Å². The van der Waals surface area contributed by atoms with E-state index in [1.807, 2.05) is 0 Å². The molecule has 0 radical (unpaired) electrons. The Morgan fingerprint density at radius 1 is 1.30 bits per heavy atom. The summed E-state index contributed by atoms with van der Waals surface area (Å²) in [5.41, 5.74) is 6.49. The van der Waals surface area contributed by atoms with Gasteiger partial charge in [0.2, 0.25) is 0 Å². The Labute approximate surface area is 124 Å². The zero-order chi connectivity index (χ0) is 13.5. The van der Waals surface area contributed by atoms with Gasteiger partial charge in [0.25, 0.3) is 0 Å². The van der Waals surface area contributed by atoms with E-state index in [-0.39, 0.29) is 10.9 Å². The summed E-state index contributed by atoms with van der Waals surface area (Å²) in [5, 5.41) is 0.169. The normalized spacial score (nSPS) is 41.0. The Hall–Kier alpha value is -1.05. The zero-order valence-electron chi connectivity index (χ0n) is 11.6. The minimum absolute atomic E-state index is 0.142. The molecule has 1 spiro atoms. The predicted molar refractivity (Wildman–Crippen MR) is 82.0 cm³/mol. The first-order chi connectivity index (χ1) is 9.73. The Kier molecular flexibility index (Phi) is 2.08. The van der Waals surface area contributed by atoms with E-state index in [4.69, 9.17) is 11.6 Å². The zero-order valence-corrected chi connectivity index (χ0v) is 12.4. The fraction of sp³-hybridized carbons (Fsp3) is 0.444. The van der Waals surface area contributed by atoms with Gasteiger partial charge in [-0.05, 0) is 42.2 Å². The van der Waals surface area contributed by atoms with Gasteiger partial charge in [-0.1, -0.05) is 36.4 Å². The standard InChI is InChI=1S/C18H18ClN/c1-20-10-14-16(19)7-6-13-11-8-9-18(20,17(13)14)15-5-3-2-4-12(11)15/h2-7,11,14,16H,8-10H2,1H3. The summed E-state index contributed by atoms with van der Waals surface area (Å²) >= 11 is 6.61. The summed E-state index contributed by atoms with van der Waals surface area (Å²) in [6.07, 6.45) is 7.10. The summed E-state index contributed by atoms with van der Waals surface area (Å²) < 4.78 is 0. The lowest BCUT2D eigenvalue weighted by Gasteiger charge is -2.51. The van der Waals surface area contributed by atoms with Gasteiger partial charge in [-0.2, -0.15) is 0 Å². The molecule has 1 saturated heterocycles. The van der Waals surface area contributed by atoms with E-state index in [1.54, 1.807) is 22.3 Å². The number of fused-ring (bicyclic) bond motifs is 1. The number of allylic oxidation sites excluding steroid dienone is 3.